The van der Waals surface area contributed by atoms with Gasteiger partial charge in [0.05, 0.1) is 11.5 Å². The fourth-order valence-corrected chi connectivity index (χ4v) is 2.58. The molecule has 10 nitrogen and oxygen atoms in total. The molecule has 0 bridgehead atoms. The first-order valence-corrected chi connectivity index (χ1v) is 10.4. The molecule has 0 aliphatic carbocycles. The standard InChI is InChI=1S/C12H22N2O8S2/c1-3-23(18,19)13-6-5-10(9-11(15)16)12(17)22-8-7-14-24(20,21)4-2/h9,13-14H,3-8H2,1-2H3,(H,15,16). The zero-order valence-corrected chi connectivity index (χ0v) is 15.1. The number of esters is 1. The number of hydrogen-bond donors (Lipinski definition) is 3. The van der Waals surface area contributed by atoms with Crippen LogP contribution in [0.5, 0.6) is 0 Å². The van der Waals surface area contributed by atoms with Gasteiger partial charge in [0.15, 0.2) is 0 Å². The molecule has 0 aliphatic rings. The second-order valence-corrected chi connectivity index (χ2v) is 8.68. The maximum Gasteiger partial charge on any atom is 0.334 e. The quantitative estimate of drug-likeness (QED) is 0.215. The van der Waals surface area contributed by atoms with Crippen molar-refractivity contribution in [3.05, 3.63) is 11.6 Å². The molecule has 0 rings (SSSR count). The second kappa shape index (κ2) is 10.4. The summed E-state index contributed by atoms with van der Waals surface area (Å²) in [5, 5.41) is 8.73. The molecule has 0 atom stereocenters. The third kappa shape index (κ3) is 10.3. The molecule has 0 amide bonds. The largest absolute Gasteiger partial charge is 0.478 e. The minimum absolute atomic E-state index is 0.122. The first kappa shape index (κ1) is 22.5. The zero-order valence-electron chi connectivity index (χ0n) is 13.4. The fraction of sp³-hybridized carbons (Fsp3) is 0.667. The van der Waals surface area contributed by atoms with Gasteiger partial charge in [0.1, 0.15) is 6.61 Å². The number of carboxylic acid groups (broad SMARTS) is 1. The smallest absolute Gasteiger partial charge is 0.334 e. The number of aliphatic carboxylic acids is 1. The molecule has 24 heavy (non-hydrogen) atoms. The maximum absolute atomic E-state index is 11.8. The molecule has 0 aromatic rings. The Labute approximate surface area is 141 Å². The van der Waals surface area contributed by atoms with Crippen LogP contribution >= 0.6 is 0 Å². The summed E-state index contributed by atoms with van der Waals surface area (Å²) in [4.78, 5) is 22.5. The van der Waals surface area contributed by atoms with Crippen molar-refractivity contribution in [2.75, 3.05) is 31.2 Å². The van der Waals surface area contributed by atoms with E-state index in [9.17, 15) is 26.4 Å². The van der Waals surface area contributed by atoms with Crippen LogP contribution in [0.25, 0.3) is 0 Å². The SMILES string of the molecule is CCS(=O)(=O)NCCOC(=O)C(=CC(=O)O)CCNS(=O)(=O)CC. The van der Waals surface area contributed by atoms with E-state index < -0.39 is 32.0 Å². The van der Waals surface area contributed by atoms with Crippen LogP contribution in [-0.2, 0) is 34.4 Å². The van der Waals surface area contributed by atoms with Crippen LogP contribution in [0.2, 0.25) is 0 Å². The second-order valence-electron chi connectivity index (χ2n) is 4.49. The number of carboxylic acids is 1. The van der Waals surface area contributed by atoms with Gasteiger partial charge in [-0.05, 0) is 20.3 Å². The Morgan fingerprint density at radius 2 is 1.50 bits per heavy atom. The summed E-state index contributed by atoms with van der Waals surface area (Å²) in [5.41, 5.74) is -0.236. The van der Waals surface area contributed by atoms with Crippen LogP contribution in [0, 0.1) is 0 Å². The normalized spacial score (nSPS) is 12.8. The summed E-state index contributed by atoms with van der Waals surface area (Å²) in [7, 11) is -6.88. The number of rotatable bonds is 12. The van der Waals surface area contributed by atoms with E-state index in [4.69, 9.17) is 9.84 Å². The predicted octanol–water partition coefficient (Wildman–Crippen LogP) is -1.19. The summed E-state index contributed by atoms with van der Waals surface area (Å²) >= 11 is 0. The van der Waals surface area contributed by atoms with Crippen molar-refractivity contribution in [3.63, 3.8) is 0 Å². The summed E-state index contributed by atoms with van der Waals surface area (Å²) < 4.78 is 54.1. The van der Waals surface area contributed by atoms with Gasteiger partial charge in [-0.15, -0.1) is 0 Å². The zero-order chi connectivity index (χ0) is 18.8. The van der Waals surface area contributed by atoms with Gasteiger partial charge < -0.3 is 9.84 Å². The van der Waals surface area contributed by atoms with E-state index in [0.717, 1.165) is 0 Å². The third-order valence-corrected chi connectivity index (χ3v) is 5.50. The van der Waals surface area contributed by atoms with E-state index in [1.165, 1.54) is 13.8 Å². The van der Waals surface area contributed by atoms with Crippen LogP contribution in [0.15, 0.2) is 11.6 Å². The van der Waals surface area contributed by atoms with Gasteiger partial charge in [-0.1, -0.05) is 0 Å². The summed E-state index contributed by atoms with van der Waals surface area (Å²) in [6.45, 7) is 2.29. The molecule has 0 heterocycles. The maximum atomic E-state index is 11.8. The topological polar surface area (TPSA) is 156 Å². The Hall–Kier alpha value is -1.50. The molecular weight excluding hydrogens is 364 g/mol. The molecule has 0 spiro atoms. The van der Waals surface area contributed by atoms with Crippen molar-refractivity contribution in [3.8, 4) is 0 Å². The number of ether oxygens (including phenoxy) is 1. The lowest BCUT2D eigenvalue weighted by atomic mass is 10.2. The molecule has 0 aromatic carbocycles. The van der Waals surface area contributed by atoms with Crippen LogP contribution < -0.4 is 9.44 Å². The van der Waals surface area contributed by atoms with Crippen LogP contribution in [0.4, 0.5) is 0 Å². The number of sulfonamides is 2. The van der Waals surface area contributed by atoms with E-state index in [0.29, 0.717) is 6.08 Å². The molecule has 0 unspecified atom stereocenters. The Morgan fingerprint density at radius 1 is 1.00 bits per heavy atom. The van der Waals surface area contributed by atoms with E-state index >= 15 is 0 Å². The summed E-state index contributed by atoms with van der Waals surface area (Å²) in [6, 6.07) is 0. The van der Waals surface area contributed by atoms with Gasteiger partial charge >= 0.3 is 11.9 Å². The van der Waals surface area contributed by atoms with E-state index in [1.54, 1.807) is 0 Å². The fourth-order valence-electron chi connectivity index (χ4n) is 1.36. The molecule has 0 saturated heterocycles. The summed E-state index contributed by atoms with van der Waals surface area (Å²) in [5.74, 6) is -2.61. The minimum Gasteiger partial charge on any atom is -0.478 e. The average Bonchev–Trinajstić information content (AvgIpc) is 2.50. The highest BCUT2D eigenvalue weighted by Gasteiger charge is 2.15. The highest BCUT2D eigenvalue weighted by molar-refractivity contribution is 7.89. The monoisotopic (exact) mass is 386 g/mol. The molecule has 0 fully saturated rings. The van der Waals surface area contributed by atoms with Crippen molar-refractivity contribution < 1.29 is 36.3 Å². The lowest BCUT2D eigenvalue weighted by Crippen LogP contribution is -2.30. The van der Waals surface area contributed by atoms with Gasteiger partial charge in [0.25, 0.3) is 0 Å². The first-order valence-electron chi connectivity index (χ1n) is 7.08. The minimum atomic E-state index is -3.46. The highest BCUT2D eigenvalue weighted by atomic mass is 32.2. The molecule has 0 saturated carbocycles. The third-order valence-electron chi connectivity index (χ3n) is 2.69. The van der Waals surface area contributed by atoms with Gasteiger partial charge in [0.2, 0.25) is 20.0 Å². The lowest BCUT2D eigenvalue weighted by molar-refractivity contribution is -0.140. The Bertz CT molecular complexity index is 667. The first-order chi connectivity index (χ1) is 11.0. The average molecular weight is 386 g/mol. The van der Waals surface area contributed by atoms with Gasteiger partial charge in [-0.2, -0.15) is 0 Å². The number of carbonyl (C=O) groups excluding carboxylic acids is 1. The van der Waals surface area contributed by atoms with Crippen LogP contribution in [-0.4, -0.2) is 65.1 Å². The van der Waals surface area contributed by atoms with Crippen molar-refractivity contribution >= 4 is 32.0 Å². The molecule has 3 N–H and O–H groups in total. The van der Waals surface area contributed by atoms with Crippen LogP contribution in [0.3, 0.4) is 0 Å². The van der Waals surface area contributed by atoms with Gasteiger partial charge in [0, 0.05) is 24.7 Å². The predicted molar refractivity (Wildman–Crippen MR) is 86.2 cm³/mol. The number of hydrogen-bond acceptors (Lipinski definition) is 7. The van der Waals surface area contributed by atoms with E-state index in [2.05, 4.69) is 9.44 Å². The van der Waals surface area contributed by atoms with Crippen molar-refractivity contribution in [2.45, 2.75) is 20.3 Å². The highest BCUT2D eigenvalue weighted by Crippen LogP contribution is 2.04. The summed E-state index contributed by atoms with van der Waals surface area (Å²) in [6.07, 6.45) is 0.448. The van der Waals surface area contributed by atoms with Crippen LogP contribution in [0.1, 0.15) is 20.3 Å². The Morgan fingerprint density at radius 3 is 1.96 bits per heavy atom. The van der Waals surface area contributed by atoms with Gasteiger partial charge in [-0.25, -0.2) is 35.9 Å². The van der Waals surface area contributed by atoms with E-state index in [1.807, 2.05) is 0 Å². The van der Waals surface area contributed by atoms with Gasteiger partial charge in [-0.3, -0.25) is 0 Å². The number of carbonyl (C=O) groups is 2. The molecular formula is C12H22N2O8S2. The lowest BCUT2D eigenvalue weighted by Gasteiger charge is -2.09. The number of nitrogens with one attached hydrogen (secondary N) is 2. The molecule has 140 valence electrons. The van der Waals surface area contributed by atoms with Crippen molar-refractivity contribution in [1.29, 1.82) is 0 Å². The molecule has 0 aliphatic heterocycles. The van der Waals surface area contributed by atoms with Crippen molar-refractivity contribution in [2.24, 2.45) is 0 Å². The molecule has 0 radical (unpaired) electrons. The molecule has 12 heteroatoms. The van der Waals surface area contributed by atoms with E-state index in [-0.39, 0.29) is 43.2 Å². The molecule has 0 aromatic heterocycles. The van der Waals surface area contributed by atoms with Crippen molar-refractivity contribution in [1.82, 2.24) is 9.44 Å². The Kier molecular flexibility index (Phi) is 9.73. The Balaban J connectivity index is 4.55.